The largest absolute Gasteiger partial charge is 0.504 e. The van der Waals surface area contributed by atoms with Crippen LogP contribution in [-0.4, -0.2) is 124 Å². The zero-order chi connectivity index (χ0) is 38.2. The van der Waals surface area contributed by atoms with Crippen molar-refractivity contribution in [2.75, 3.05) is 0 Å². The lowest BCUT2D eigenvalue weighted by atomic mass is 9.98. The number of carboxylic acid groups (broad SMARTS) is 6. The molecule has 0 aliphatic rings. The molecule has 0 aromatic heterocycles. The van der Waals surface area contributed by atoms with Crippen LogP contribution in [0, 0.1) is 11.8 Å². The summed E-state index contributed by atoms with van der Waals surface area (Å²) in [6, 6.07) is -0.862. The van der Waals surface area contributed by atoms with Crippen LogP contribution in [0.4, 0.5) is 0 Å². The molecule has 30 heteroatoms. The smallest absolute Gasteiger partial charge is 0.371 e. The van der Waals surface area contributed by atoms with E-state index in [2.05, 4.69) is 8.37 Å². The number of hydrogen-bond acceptors (Lipinski definition) is 16. The minimum Gasteiger partial charge on any atom is -0.504 e. The summed E-state index contributed by atoms with van der Waals surface area (Å²) in [7, 11) is -26.9. The monoisotopic (exact) mass is 778 g/mol. The number of rotatable bonds is 18. The quantitative estimate of drug-likeness (QED) is 0.0396. The van der Waals surface area contributed by atoms with E-state index >= 15 is 0 Å². The zero-order valence-electron chi connectivity index (χ0n) is 22.5. The first kappa shape index (κ1) is 41.8. The Morgan fingerprint density at radius 2 is 0.979 bits per heavy atom. The van der Waals surface area contributed by atoms with Gasteiger partial charge in [-0.3, -0.25) is 28.3 Å². The number of carboxylic acids is 6. The number of hydrogen-bond donors (Lipinski definition) is 12. The van der Waals surface area contributed by atoms with Gasteiger partial charge in [-0.05, 0) is 6.07 Å². The van der Waals surface area contributed by atoms with Gasteiger partial charge in [0.05, 0.1) is 17.7 Å². The Morgan fingerprint density at radius 1 is 0.646 bits per heavy atom. The van der Waals surface area contributed by atoms with Crippen LogP contribution >= 0.6 is 15.2 Å². The summed E-state index contributed by atoms with van der Waals surface area (Å²) in [6.45, 7) is 0. The lowest BCUT2D eigenvalue weighted by Gasteiger charge is -2.33. The molecule has 0 radical (unpaired) electrons. The summed E-state index contributed by atoms with van der Waals surface area (Å²) >= 11 is 0. The number of aliphatic carboxylic acids is 6. The summed E-state index contributed by atoms with van der Waals surface area (Å²) in [6.07, 6.45) is -4.17. The van der Waals surface area contributed by atoms with Crippen molar-refractivity contribution in [3.8, 4) is 11.5 Å². The highest BCUT2D eigenvalue weighted by Gasteiger charge is 2.68. The van der Waals surface area contributed by atoms with E-state index in [4.69, 9.17) is 10.2 Å². The molecule has 12 N–H and O–H groups in total. The third-order valence-corrected chi connectivity index (χ3v) is 11.6. The number of aromatic hydroxyl groups is 2. The Kier molecular flexibility index (Phi) is 11.9. The molecule has 26 nitrogen and oxygen atoms in total. The second kappa shape index (κ2) is 13.7. The van der Waals surface area contributed by atoms with Crippen LogP contribution in [-0.2, 0) is 66.5 Å². The van der Waals surface area contributed by atoms with Gasteiger partial charge in [-0.25, -0.2) is 18.0 Å². The van der Waals surface area contributed by atoms with Gasteiger partial charge in [0, 0.05) is 6.07 Å². The zero-order valence-corrected chi connectivity index (χ0v) is 25.9. The van der Waals surface area contributed by atoms with Crippen LogP contribution < -0.4 is 0 Å². The van der Waals surface area contributed by atoms with Gasteiger partial charge in [-0.2, -0.15) is 16.8 Å². The minimum atomic E-state index is -6.90. The van der Waals surface area contributed by atoms with Gasteiger partial charge in [-0.1, -0.05) is 0 Å². The van der Waals surface area contributed by atoms with Gasteiger partial charge in [0.1, 0.15) is 16.7 Å². The van der Waals surface area contributed by atoms with Gasteiger partial charge < -0.3 is 60.4 Å². The van der Waals surface area contributed by atoms with Crippen LogP contribution in [0.25, 0.3) is 0 Å². The molecule has 48 heavy (non-hydrogen) atoms. The fourth-order valence-electron chi connectivity index (χ4n) is 3.70. The predicted molar refractivity (Wildman–Crippen MR) is 138 cm³/mol. The Labute approximate surface area is 263 Å². The third kappa shape index (κ3) is 7.89. The van der Waals surface area contributed by atoms with Gasteiger partial charge >= 0.3 is 61.1 Å². The van der Waals surface area contributed by atoms with E-state index in [9.17, 15) is 105 Å². The van der Waals surface area contributed by atoms with Crippen LogP contribution in [0.3, 0.4) is 0 Å². The van der Waals surface area contributed by atoms with Crippen molar-refractivity contribution in [1.29, 1.82) is 0 Å². The molecule has 1 rings (SSSR count). The Morgan fingerprint density at radius 3 is 1.25 bits per heavy atom. The molecule has 1 aromatic rings. The second-order valence-corrected chi connectivity index (χ2v) is 15.5. The standard InChI is InChI=1S/C18H20O26P2S2/c19-8-1-5(47(39,40)43-17(15(29)30,45(33,34)35)6(13(25)26)3-10(20)21)2-9(12(8)24)48(41,42)44-18(16(31)32,46(36,37)38)7(14(27)28)4-11(22)23/h1-2,6-7,19,24H,3-4H2,(H,20,21)(H,22,23)(H,25,26)(H,27,28)(H,29,30)(H,31,32)(H2,33,34,35)(H2,36,37,38). The van der Waals surface area contributed by atoms with E-state index in [1.807, 2.05) is 0 Å². The van der Waals surface area contributed by atoms with E-state index in [1.54, 1.807) is 0 Å². The number of phenols is 2. The van der Waals surface area contributed by atoms with Gasteiger partial charge in [0.15, 0.2) is 11.5 Å². The summed E-state index contributed by atoms with van der Waals surface area (Å²) in [5.41, 5.74) is 0. The second-order valence-electron chi connectivity index (χ2n) is 8.93. The molecule has 0 spiro atoms. The van der Waals surface area contributed by atoms with Gasteiger partial charge in [0.2, 0.25) is 0 Å². The van der Waals surface area contributed by atoms with Crippen molar-refractivity contribution in [2.24, 2.45) is 11.8 Å². The molecular weight excluding hydrogens is 758 g/mol. The highest BCUT2D eigenvalue weighted by molar-refractivity contribution is 7.88. The molecule has 0 heterocycles. The maximum atomic E-state index is 13.1. The average molecular weight is 778 g/mol. The van der Waals surface area contributed by atoms with Crippen molar-refractivity contribution in [3.63, 3.8) is 0 Å². The van der Waals surface area contributed by atoms with Gasteiger partial charge in [0.25, 0.3) is 20.8 Å². The van der Waals surface area contributed by atoms with Crippen LogP contribution in [0.2, 0.25) is 0 Å². The van der Waals surface area contributed by atoms with Crippen LogP contribution in [0.5, 0.6) is 11.5 Å². The van der Waals surface area contributed by atoms with Gasteiger partial charge in [-0.15, -0.1) is 0 Å². The Bertz CT molecular complexity index is 1870. The number of phenolic OH excluding ortho intramolecular Hbond substituents is 2. The molecule has 0 amide bonds. The van der Waals surface area contributed by atoms with Crippen molar-refractivity contribution in [3.05, 3.63) is 12.1 Å². The van der Waals surface area contributed by atoms with Crippen molar-refractivity contribution in [1.82, 2.24) is 0 Å². The minimum absolute atomic E-state index is 0.305. The van der Waals surface area contributed by atoms with Crippen molar-refractivity contribution in [2.45, 2.75) is 33.3 Å². The number of carbonyl (C=O) groups is 6. The lowest BCUT2D eigenvalue weighted by Crippen LogP contribution is -2.53. The summed E-state index contributed by atoms with van der Waals surface area (Å²) < 4.78 is 84.8. The fraction of sp³-hybridized carbons (Fsp3) is 0.333. The molecule has 0 aliphatic heterocycles. The van der Waals surface area contributed by atoms with Crippen LogP contribution in [0.1, 0.15) is 12.8 Å². The number of benzene rings is 1. The summed E-state index contributed by atoms with van der Waals surface area (Å²) in [4.78, 5) is 104. The average Bonchev–Trinajstić information content (AvgIpc) is 2.86. The van der Waals surface area contributed by atoms with E-state index in [-0.39, 0.29) is 6.07 Å². The van der Waals surface area contributed by atoms with Crippen molar-refractivity contribution < 1.29 is 124 Å². The van der Waals surface area contributed by atoms with E-state index in [1.165, 1.54) is 0 Å². The topological polar surface area (TPSA) is 466 Å². The molecular formula is C18H20O26P2S2. The molecule has 4 atom stereocenters. The SMILES string of the molecule is O=C(O)CC(C(=O)O)C(OS(=O)(=O)c1cc(O)c(O)c(S(=O)(=O)OC(C(=O)O)(C(CC(=O)O)C(=O)O)P(=O)(O)O)c1)(C(=O)O)P(=O)(O)O. The Hall–Kier alpha value is -4.24. The molecule has 0 aliphatic carbocycles. The molecule has 0 saturated heterocycles. The fourth-order valence-corrected chi connectivity index (χ4v) is 9.22. The molecule has 4 unspecified atom stereocenters. The highest BCUT2D eigenvalue weighted by Crippen LogP contribution is 2.59. The molecule has 0 saturated carbocycles. The summed E-state index contributed by atoms with van der Waals surface area (Å²) in [5, 5.41) is 65.9. The molecule has 270 valence electrons. The third-order valence-electron chi connectivity index (χ3n) is 5.84. The lowest BCUT2D eigenvalue weighted by molar-refractivity contribution is -0.165. The molecule has 1 aromatic carbocycles. The first-order chi connectivity index (χ1) is 21.3. The summed E-state index contributed by atoms with van der Waals surface area (Å²) in [5.74, 6) is -27.5. The van der Waals surface area contributed by atoms with E-state index in [0.717, 1.165) is 0 Å². The maximum Gasteiger partial charge on any atom is 0.371 e. The maximum absolute atomic E-state index is 13.1. The predicted octanol–water partition coefficient (Wildman–Crippen LogP) is -3.22. The van der Waals surface area contributed by atoms with E-state index < -0.39 is 134 Å². The molecule has 0 bridgehead atoms. The van der Waals surface area contributed by atoms with Crippen molar-refractivity contribution >= 4 is 71.2 Å². The Balaban J connectivity index is 4.22. The molecule has 0 fully saturated rings. The first-order valence-corrected chi connectivity index (χ1v) is 17.3. The normalized spacial score (nSPS) is 16.4. The van der Waals surface area contributed by atoms with Crippen LogP contribution in [0.15, 0.2) is 21.9 Å². The first-order valence-electron chi connectivity index (χ1n) is 11.3. The highest BCUT2D eigenvalue weighted by atomic mass is 32.2. The van der Waals surface area contributed by atoms with E-state index in [0.29, 0.717) is 0 Å².